The highest BCUT2D eigenvalue weighted by molar-refractivity contribution is 4.99. The molecule has 0 aliphatic heterocycles. The van der Waals surface area contributed by atoms with Crippen LogP contribution in [0, 0.1) is 0 Å². The van der Waals surface area contributed by atoms with Crippen molar-refractivity contribution in [2.75, 3.05) is 6.54 Å². The van der Waals surface area contributed by atoms with Crippen LogP contribution in [-0.2, 0) is 0 Å². The van der Waals surface area contributed by atoms with Gasteiger partial charge in [-0.3, -0.25) is 0 Å². The van der Waals surface area contributed by atoms with Gasteiger partial charge in [0.25, 0.3) is 0 Å². The Balaban J connectivity index is 0.000000187. The van der Waals surface area contributed by atoms with E-state index in [1.165, 1.54) is 0 Å². The SMILES string of the molecule is CCCC[N].c1ccccc1. The highest BCUT2D eigenvalue weighted by Crippen LogP contribution is 1.80. The molecule has 0 saturated carbocycles. The minimum absolute atomic E-state index is 0.344. The van der Waals surface area contributed by atoms with Crippen molar-refractivity contribution in [2.24, 2.45) is 0 Å². The maximum Gasteiger partial charge on any atom is 0.0321 e. The van der Waals surface area contributed by atoms with Gasteiger partial charge in [-0.2, -0.15) is 0 Å². The van der Waals surface area contributed by atoms with Crippen LogP contribution in [0.25, 0.3) is 0 Å². The molecule has 1 aromatic rings. The second-order valence-electron chi connectivity index (χ2n) is 2.23. The molecule has 2 radical (unpaired) electrons. The first kappa shape index (κ1) is 10.2. The lowest BCUT2D eigenvalue weighted by Gasteiger charge is -1.77. The normalized spacial score (nSPS) is 8.18. The van der Waals surface area contributed by atoms with E-state index in [4.69, 9.17) is 5.73 Å². The van der Waals surface area contributed by atoms with Crippen LogP contribution in [0.1, 0.15) is 19.8 Å². The zero-order chi connectivity index (χ0) is 8.36. The number of unbranched alkanes of at least 4 members (excludes halogenated alkanes) is 1. The van der Waals surface area contributed by atoms with Crippen LogP contribution in [0.5, 0.6) is 0 Å². The standard InChI is InChI=1S/C6H6.C4H9N/c1-2-4-6-5-3-1;1-2-3-4-5/h1-6H;2-4H2,1H3. The van der Waals surface area contributed by atoms with Crippen LogP contribution in [-0.4, -0.2) is 6.54 Å². The average molecular weight is 149 g/mol. The van der Waals surface area contributed by atoms with Crippen molar-refractivity contribution in [1.82, 2.24) is 5.73 Å². The van der Waals surface area contributed by atoms with E-state index in [2.05, 4.69) is 6.92 Å². The van der Waals surface area contributed by atoms with E-state index in [0.29, 0.717) is 6.54 Å². The van der Waals surface area contributed by atoms with Crippen molar-refractivity contribution >= 4 is 0 Å². The molecule has 0 heterocycles. The molecule has 0 aromatic heterocycles. The summed E-state index contributed by atoms with van der Waals surface area (Å²) in [7, 11) is 0. The van der Waals surface area contributed by atoms with Gasteiger partial charge >= 0.3 is 0 Å². The van der Waals surface area contributed by atoms with Crippen LogP contribution in [0.15, 0.2) is 36.4 Å². The summed E-state index contributed by atoms with van der Waals surface area (Å²) in [5.74, 6) is 0. The van der Waals surface area contributed by atoms with Gasteiger partial charge in [0.15, 0.2) is 0 Å². The van der Waals surface area contributed by atoms with Crippen molar-refractivity contribution in [1.29, 1.82) is 0 Å². The van der Waals surface area contributed by atoms with E-state index >= 15 is 0 Å². The highest BCUT2D eigenvalue weighted by atomic mass is 14.5. The predicted octanol–water partition coefficient (Wildman–Crippen LogP) is 2.54. The minimum atomic E-state index is 0.344. The molecule has 0 aliphatic rings. The van der Waals surface area contributed by atoms with Gasteiger partial charge in [-0.25, -0.2) is 0 Å². The van der Waals surface area contributed by atoms with E-state index in [1.54, 1.807) is 0 Å². The fraction of sp³-hybridized carbons (Fsp3) is 0.400. The summed E-state index contributed by atoms with van der Waals surface area (Å²) >= 11 is 0. The van der Waals surface area contributed by atoms with Crippen LogP contribution in [0.4, 0.5) is 0 Å². The van der Waals surface area contributed by atoms with Crippen molar-refractivity contribution in [3.63, 3.8) is 0 Å². The Morgan fingerprint density at radius 1 is 0.909 bits per heavy atom. The summed E-state index contributed by atoms with van der Waals surface area (Å²) in [6, 6.07) is 12.0. The first-order chi connectivity index (χ1) is 5.41. The third kappa shape index (κ3) is 9.18. The summed E-state index contributed by atoms with van der Waals surface area (Å²) in [5, 5.41) is 0. The Kier molecular flexibility index (Phi) is 8.50. The zero-order valence-electron chi connectivity index (χ0n) is 7.03. The van der Waals surface area contributed by atoms with Gasteiger partial charge in [0, 0.05) is 6.54 Å². The van der Waals surface area contributed by atoms with E-state index in [1.807, 2.05) is 36.4 Å². The van der Waals surface area contributed by atoms with E-state index in [9.17, 15) is 0 Å². The highest BCUT2D eigenvalue weighted by Gasteiger charge is 1.70. The Labute approximate surface area is 69.2 Å². The van der Waals surface area contributed by atoms with Crippen molar-refractivity contribution in [2.45, 2.75) is 19.8 Å². The Morgan fingerprint density at radius 3 is 1.36 bits per heavy atom. The van der Waals surface area contributed by atoms with E-state index in [-0.39, 0.29) is 0 Å². The third-order valence-electron chi connectivity index (χ3n) is 1.18. The molecule has 1 rings (SSSR count). The molecule has 0 unspecified atom stereocenters. The summed E-state index contributed by atoms with van der Waals surface area (Å²) in [5.41, 5.74) is 8.07. The molecular formula is C10H15N. The first-order valence-electron chi connectivity index (χ1n) is 4.02. The topological polar surface area (TPSA) is 22.3 Å². The van der Waals surface area contributed by atoms with Gasteiger partial charge in [-0.1, -0.05) is 49.7 Å². The molecule has 11 heavy (non-hydrogen) atoms. The number of nitrogens with zero attached hydrogens (tertiary/aromatic N) is 1. The van der Waals surface area contributed by atoms with Gasteiger partial charge < -0.3 is 0 Å². The third-order valence-corrected chi connectivity index (χ3v) is 1.18. The lowest BCUT2D eigenvalue weighted by atomic mass is 10.3. The molecule has 0 saturated heterocycles. The van der Waals surface area contributed by atoms with Crippen molar-refractivity contribution in [3.05, 3.63) is 36.4 Å². The Hall–Kier alpha value is -0.820. The molecule has 0 aliphatic carbocycles. The molecule has 0 bridgehead atoms. The summed E-state index contributed by atoms with van der Waals surface area (Å²) in [4.78, 5) is 0. The molecule has 0 atom stereocenters. The van der Waals surface area contributed by atoms with Gasteiger partial charge in [-0.05, 0) is 6.42 Å². The average Bonchev–Trinajstić information content (AvgIpc) is 2.10. The van der Waals surface area contributed by atoms with Crippen LogP contribution in [0.3, 0.4) is 0 Å². The van der Waals surface area contributed by atoms with Crippen LogP contribution >= 0.6 is 0 Å². The molecule has 1 nitrogen and oxygen atoms in total. The monoisotopic (exact) mass is 149 g/mol. The number of benzene rings is 1. The number of hydrogen-bond acceptors (Lipinski definition) is 0. The number of hydrogen-bond donors (Lipinski definition) is 0. The fourth-order valence-corrected chi connectivity index (χ4v) is 0.543. The summed E-state index contributed by atoms with van der Waals surface area (Å²) in [6.45, 7) is 2.40. The molecule has 0 N–H and O–H groups in total. The van der Waals surface area contributed by atoms with Crippen LogP contribution in [0.2, 0.25) is 0 Å². The van der Waals surface area contributed by atoms with Crippen molar-refractivity contribution in [3.8, 4) is 0 Å². The second-order valence-corrected chi connectivity index (χ2v) is 2.23. The van der Waals surface area contributed by atoms with Crippen LogP contribution < -0.4 is 5.73 Å². The molecule has 0 amide bonds. The van der Waals surface area contributed by atoms with Gasteiger partial charge in [0.1, 0.15) is 0 Å². The zero-order valence-corrected chi connectivity index (χ0v) is 7.03. The molecule has 60 valence electrons. The molecular weight excluding hydrogens is 134 g/mol. The predicted molar refractivity (Wildman–Crippen MR) is 48.4 cm³/mol. The maximum atomic E-state index is 8.07. The van der Waals surface area contributed by atoms with E-state index in [0.717, 1.165) is 12.8 Å². The number of rotatable bonds is 2. The smallest absolute Gasteiger partial charge is 0.0321 e. The molecule has 1 aromatic carbocycles. The summed E-state index contributed by atoms with van der Waals surface area (Å²) in [6.07, 6.45) is 2.04. The van der Waals surface area contributed by atoms with Gasteiger partial charge in [0.2, 0.25) is 0 Å². The van der Waals surface area contributed by atoms with Gasteiger partial charge in [0.05, 0.1) is 0 Å². The lowest BCUT2D eigenvalue weighted by Crippen LogP contribution is -1.79. The van der Waals surface area contributed by atoms with Gasteiger partial charge in [-0.15, -0.1) is 5.73 Å². The lowest BCUT2D eigenvalue weighted by molar-refractivity contribution is 0.793. The second kappa shape index (κ2) is 9.18. The minimum Gasteiger partial charge on any atom is -0.145 e. The molecule has 1 heteroatoms. The molecule has 0 spiro atoms. The molecule has 0 fully saturated rings. The van der Waals surface area contributed by atoms with Crippen molar-refractivity contribution < 1.29 is 0 Å². The largest absolute Gasteiger partial charge is 0.145 e. The fourth-order valence-electron chi connectivity index (χ4n) is 0.543. The quantitative estimate of drug-likeness (QED) is 0.616. The first-order valence-corrected chi connectivity index (χ1v) is 4.02. The Morgan fingerprint density at radius 2 is 1.27 bits per heavy atom. The van der Waals surface area contributed by atoms with E-state index < -0.39 is 0 Å². The maximum absolute atomic E-state index is 8.07. The Bertz CT molecular complexity index is 108. The summed E-state index contributed by atoms with van der Waals surface area (Å²) < 4.78 is 0.